The second-order valence-electron chi connectivity index (χ2n) is 4.37. The summed E-state index contributed by atoms with van der Waals surface area (Å²) >= 11 is 0. The van der Waals surface area contributed by atoms with E-state index >= 15 is 0 Å². The van der Waals surface area contributed by atoms with Gasteiger partial charge in [-0.3, -0.25) is 4.79 Å². The Bertz CT molecular complexity index is 679. The average molecular weight is 254 g/mol. The minimum atomic E-state index is -0.252. The third-order valence-electron chi connectivity index (χ3n) is 2.87. The van der Waals surface area contributed by atoms with Crippen molar-refractivity contribution in [2.75, 3.05) is 11.1 Å². The summed E-state index contributed by atoms with van der Waals surface area (Å²) in [4.78, 5) is 12.1. The van der Waals surface area contributed by atoms with Crippen LogP contribution >= 0.6 is 0 Å². The fourth-order valence-electron chi connectivity index (χ4n) is 1.83. The minimum Gasteiger partial charge on any atom is -0.397 e. The van der Waals surface area contributed by atoms with Crippen LogP contribution in [0.3, 0.4) is 0 Å². The molecule has 0 aliphatic carbocycles. The van der Waals surface area contributed by atoms with E-state index in [9.17, 15) is 4.79 Å². The van der Waals surface area contributed by atoms with Gasteiger partial charge < -0.3 is 15.6 Å². The first kappa shape index (κ1) is 12.7. The topological polar surface area (TPSA) is 83.8 Å². The van der Waals surface area contributed by atoms with Gasteiger partial charge in [0.2, 0.25) is 0 Å². The van der Waals surface area contributed by atoms with Gasteiger partial charge in [0.15, 0.2) is 0 Å². The summed E-state index contributed by atoms with van der Waals surface area (Å²) in [7, 11) is 1.75. The Kier molecular flexibility index (Phi) is 3.25. The number of hydrogen-bond acceptors (Lipinski definition) is 3. The number of amides is 1. The second-order valence-corrected chi connectivity index (χ2v) is 4.37. The van der Waals surface area contributed by atoms with E-state index in [-0.39, 0.29) is 5.91 Å². The van der Waals surface area contributed by atoms with E-state index < -0.39 is 0 Å². The summed E-state index contributed by atoms with van der Waals surface area (Å²) in [6.45, 7) is 1.87. The van der Waals surface area contributed by atoms with Crippen molar-refractivity contribution in [2.45, 2.75) is 6.92 Å². The van der Waals surface area contributed by atoms with Crippen molar-refractivity contribution in [1.29, 1.82) is 5.26 Å². The number of carbonyl (C=O) groups is 1. The molecule has 1 aromatic heterocycles. The Hall–Kier alpha value is -2.74. The van der Waals surface area contributed by atoms with Gasteiger partial charge in [-0.15, -0.1) is 0 Å². The molecule has 1 amide bonds. The van der Waals surface area contributed by atoms with Crippen LogP contribution in [-0.2, 0) is 7.05 Å². The standard InChI is InChI=1S/C14H14N4O/c1-9-3-4-10(7-15)5-12(9)17-14(19)13-6-11(16)8-18(13)2/h3-6,8H,16H2,1-2H3,(H,17,19). The van der Waals surface area contributed by atoms with E-state index in [1.807, 2.05) is 13.0 Å². The third-order valence-corrected chi connectivity index (χ3v) is 2.87. The molecule has 3 N–H and O–H groups in total. The maximum Gasteiger partial charge on any atom is 0.272 e. The average Bonchev–Trinajstić information content (AvgIpc) is 2.71. The smallest absolute Gasteiger partial charge is 0.272 e. The number of nitrogens with one attached hydrogen (secondary N) is 1. The fourth-order valence-corrected chi connectivity index (χ4v) is 1.83. The Morgan fingerprint density at radius 2 is 2.16 bits per heavy atom. The number of nitrogens with zero attached hydrogens (tertiary/aromatic N) is 2. The van der Waals surface area contributed by atoms with E-state index in [0.29, 0.717) is 22.6 Å². The van der Waals surface area contributed by atoms with Gasteiger partial charge in [0.1, 0.15) is 5.69 Å². The molecule has 0 unspecified atom stereocenters. The van der Waals surface area contributed by atoms with Gasteiger partial charge in [-0.1, -0.05) is 6.07 Å². The monoisotopic (exact) mass is 254 g/mol. The molecule has 5 nitrogen and oxygen atoms in total. The highest BCUT2D eigenvalue weighted by molar-refractivity contribution is 6.04. The molecule has 2 aromatic rings. The summed E-state index contributed by atoms with van der Waals surface area (Å²) in [5, 5.41) is 11.7. The fraction of sp³-hybridized carbons (Fsp3) is 0.143. The van der Waals surface area contributed by atoms with Crippen LogP contribution in [0.25, 0.3) is 0 Å². The summed E-state index contributed by atoms with van der Waals surface area (Å²) in [5.74, 6) is -0.252. The number of aromatic nitrogens is 1. The molecular formula is C14H14N4O. The normalized spacial score (nSPS) is 9.95. The molecule has 5 heteroatoms. The van der Waals surface area contributed by atoms with Gasteiger partial charge >= 0.3 is 0 Å². The molecule has 96 valence electrons. The molecule has 0 atom stereocenters. The van der Waals surface area contributed by atoms with Crippen molar-refractivity contribution in [1.82, 2.24) is 4.57 Å². The maximum absolute atomic E-state index is 12.1. The van der Waals surface area contributed by atoms with E-state index in [4.69, 9.17) is 11.0 Å². The molecule has 0 spiro atoms. The van der Waals surface area contributed by atoms with Crippen molar-refractivity contribution < 1.29 is 4.79 Å². The first-order valence-electron chi connectivity index (χ1n) is 5.75. The highest BCUT2D eigenvalue weighted by atomic mass is 16.1. The van der Waals surface area contributed by atoms with Gasteiger partial charge in [-0.05, 0) is 30.7 Å². The summed E-state index contributed by atoms with van der Waals surface area (Å²) in [6.07, 6.45) is 1.67. The number of aryl methyl sites for hydroxylation is 2. The lowest BCUT2D eigenvalue weighted by atomic mass is 10.1. The minimum absolute atomic E-state index is 0.252. The van der Waals surface area contributed by atoms with Crippen LogP contribution in [0.5, 0.6) is 0 Å². The number of benzene rings is 1. The van der Waals surface area contributed by atoms with E-state index in [1.54, 1.807) is 42.1 Å². The molecule has 2 rings (SSSR count). The predicted octanol–water partition coefficient (Wildman–Crippen LogP) is 2.04. The number of anilines is 2. The molecule has 0 aliphatic rings. The van der Waals surface area contributed by atoms with Crippen LogP contribution in [0, 0.1) is 18.3 Å². The molecule has 0 radical (unpaired) electrons. The molecule has 1 aromatic carbocycles. The molecule has 0 saturated heterocycles. The second kappa shape index (κ2) is 4.86. The first-order chi connectivity index (χ1) is 9.01. The number of nitrogen functional groups attached to an aromatic ring is 1. The molecule has 1 heterocycles. The summed E-state index contributed by atoms with van der Waals surface area (Å²) < 4.78 is 1.66. The lowest BCUT2D eigenvalue weighted by molar-refractivity contribution is 0.101. The molecule has 0 bridgehead atoms. The number of hydrogen-bond donors (Lipinski definition) is 2. The number of nitrogens with two attached hydrogens (primary N) is 1. The number of rotatable bonds is 2. The Labute approximate surface area is 111 Å². The van der Waals surface area contributed by atoms with Gasteiger partial charge in [-0.2, -0.15) is 5.26 Å². The molecule has 0 saturated carbocycles. The predicted molar refractivity (Wildman–Crippen MR) is 73.7 cm³/mol. The molecular weight excluding hydrogens is 240 g/mol. The largest absolute Gasteiger partial charge is 0.397 e. The zero-order valence-electron chi connectivity index (χ0n) is 10.8. The SMILES string of the molecule is Cc1ccc(C#N)cc1NC(=O)c1cc(N)cn1C. The maximum atomic E-state index is 12.1. The van der Waals surface area contributed by atoms with E-state index in [0.717, 1.165) is 5.56 Å². The first-order valence-corrected chi connectivity index (χ1v) is 5.75. The zero-order chi connectivity index (χ0) is 14.0. The van der Waals surface area contributed by atoms with Crippen LogP contribution in [0.4, 0.5) is 11.4 Å². The lowest BCUT2D eigenvalue weighted by Crippen LogP contribution is -2.16. The van der Waals surface area contributed by atoms with Gasteiger partial charge in [0, 0.05) is 18.9 Å². The molecule has 19 heavy (non-hydrogen) atoms. The Balaban J connectivity index is 2.29. The van der Waals surface area contributed by atoms with Crippen LogP contribution in [0.1, 0.15) is 21.6 Å². The number of nitriles is 1. The highest BCUT2D eigenvalue weighted by Gasteiger charge is 2.12. The van der Waals surface area contributed by atoms with E-state index in [1.165, 1.54) is 0 Å². The van der Waals surface area contributed by atoms with Crippen LogP contribution in [0.2, 0.25) is 0 Å². The zero-order valence-corrected chi connectivity index (χ0v) is 10.8. The van der Waals surface area contributed by atoms with Crippen molar-refractivity contribution in [3.05, 3.63) is 47.3 Å². The van der Waals surface area contributed by atoms with Crippen molar-refractivity contribution in [3.63, 3.8) is 0 Å². The molecule has 0 aliphatic heterocycles. The molecule has 0 fully saturated rings. The van der Waals surface area contributed by atoms with Crippen LogP contribution < -0.4 is 11.1 Å². The highest BCUT2D eigenvalue weighted by Crippen LogP contribution is 2.18. The van der Waals surface area contributed by atoms with Crippen LogP contribution in [-0.4, -0.2) is 10.5 Å². The lowest BCUT2D eigenvalue weighted by Gasteiger charge is -2.09. The van der Waals surface area contributed by atoms with Gasteiger partial charge in [0.05, 0.1) is 17.3 Å². The van der Waals surface area contributed by atoms with Gasteiger partial charge in [-0.25, -0.2) is 0 Å². The van der Waals surface area contributed by atoms with Gasteiger partial charge in [0.25, 0.3) is 5.91 Å². The number of carbonyl (C=O) groups excluding carboxylic acids is 1. The van der Waals surface area contributed by atoms with E-state index in [2.05, 4.69) is 5.32 Å². The summed E-state index contributed by atoms with van der Waals surface area (Å²) in [6, 6.07) is 8.82. The van der Waals surface area contributed by atoms with Crippen molar-refractivity contribution in [3.8, 4) is 6.07 Å². The third kappa shape index (κ3) is 2.58. The van der Waals surface area contributed by atoms with Crippen LogP contribution in [0.15, 0.2) is 30.5 Å². The Morgan fingerprint density at radius 3 is 2.74 bits per heavy atom. The van der Waals surface area contributed by atoms with Crippen molar-refractivity contribution >= 4 is 17.3 Å². The van der Waals surface area contributed by atoms with Crippen molar-refractivity contribution in [2.24, 2.45) is 7.05 Å². The summed E-state index contributed by atoms with van der Waals surface area (Å²) in [5.41, 5.74) is 8.68. The Morgan fingerprint density at radius 1 is 1.42 bits per heavy atom. The quantitative estimate of drug-likeness (QED) is 0.860.